The molecule has 0 unspecified atom stereocenters. The van der Waals surface area contributed by atoms with Crippen molar-refractivity contribution in [3.63, 3.8) is 0 Å². The zero-order chi connectivity index (χ0) is 12.1. The minimum absolute atomic E-state index is 0.569. The van der Waals surface area contributed by atoms with E-state index in [4.69, 9.17) is 0 Å². The van der Waals surface area contributed by atoms with Crippen molar-refractivity contribution in [2.45, 2.75) is 51.4 Å². The van der Waals surface area contributed by atoms with E-state index in [1.165, 1.54) is 32.1 Å². The first-order chi connectivity index (χ1) is 8.31. The largest absolute Gasteiger partial charge is 0.369 e. The van der Waals surface area contributed by atoms with Gasteiger partial charge in [-0.15, -0.1) is 0 Å². The summed E-state index contributed by atoms with van der Waals surface area (Å²) in [6.45, 7) is 3.11. The summed E-state index contributed by atoms with van der Waals surface area (Å²) in [5.74, 6) is 2.54. The highest BCUT2D eigenvalue weighted by Gasteiger charge is 2.19. The maximum atomic E-state index is 4.66. The predicted molar refractivity (Wildman–Crippen MR) is 74.3 cm³/mol. The summed E-state index contributed by atoms with van der Waals surface area (Å²) >= 11 is 3.50. The van der Waals surface area contributed by atoms with Crippen LogP contribution in [0.4, 0.5) is 5.82 Å². The molecule has 1 heterocycles. The molecule has 0 spiro atoms. The molecule has 0 aromatic carbocycles. The average molecular weight is 298 g/mol. The Bertz CT molecular complexity index is 362. The van der Waals surface area contributed by atoms with E-state index in [0.717, 1.165) is 29.1 Å². The molecule has 1 fully saturated rings. The van der Waals surface area contributed by atoms with Gasteiger partial charge in [0.15, 0.2) is 0 Å². The Morgan fingerprint density at radius 2 is 2.12 bits per heavy atom. The third-order valence-corrected chi connectivity index (χ3v) is 3.86. The molecule has 94 valence electrons. The number of hydrogen-bond donors (Lipinski definition) is 1. The second-order valence-electron chi connectivity index (χ2n) is 4.69. The lowest BCUT2D eigenvalue weighted by molar-refractivity contribution is 0.428. The van der Waals surface area contributed by atoms with E-state index < -0.39 is 0 Å². The van der Waals surface area contributed by atoms with Gasteiger partial charge in [0, 0.05) is 18.7 Å². The number of hydrogen-bond acceptors (Lipinski definition) is 3. The van der Waals surface area contributed by atoms with Gasteiger partial charge < -0.3 is 5.32 Å². The van der Waals surface area contributed by atoms with Gasteiger partial charge in [-0.3, -0.25) is 0 Å². The molecular weight excluding hydrogens is 278 g/mol. The Kier molecular flexibility index (Phi) is 4.77. The summed E-state index contributed by atoms with van der Waals surface area (Å²) in [6, 6.07) is 0. The molecule has 0 aliphatic heterocycles. The van der Waals surface area contributed by atoms with Crippen LogP contribution in [0.3, 0.4) is 0 Å². The monoisotopic (exact) mass is 297 g/mol. The molecule has 0 bridgehead atoms. The van der Waals surface area contributed by atoms with E-state index in [1.807, 2.05) is 6.20 Å². The summed E-state index contributed by atoms with van der Waals surface area (Å²) in [7, 11) is 0. The van der Waals surface area contributed by atoms with Gasteiger partial charge in [-0.05, 0) is 35.2 Å². The first-order valence-electron chi connectivity index (χ1n) is 6.57. The van der Waals surface area contributed by atoms with Gasteiger partial charge in [-0.25, -0.2) is 9.97 Å². The first kappa shape index (κ1) is 12.8. The van der Waals surface area contributed by atoms with Crippen LogP contribution in [-0.4, -0.2) is 16.5 Å². The predicted octanol–water partition coefficient (Wildman–Crippen LogP) is 4.11. The van der Waals surface area contributed by atoms with Gasteiger partial charge in [-0.2, -0.15) is 0 Å². The van der Waals surface area contributed by atoms with E-state index in [1.54, 1.807) is 0 Å². The van der Waals surface area contributed by atoms with Crippen LogP contribution >= 0.6 is 15.9 Å². The van der Waals surface area contributed by atoms with Crippen molar-refractivity contribution in [3.8, 4) is 0 Å². The van der Waals surface area contributed by atoms with Crippen molar-refractivity contribution in [3.05, 3.63) is 16.5 Å². The van der Waals surface area contributed by atoms with Gasteiger partial charge in [-0.1, -0.05) is 26.2 Å². The molecule has 0 atom stereocenters. The van der Waals surface area contributed by atoms with Crippen molar-refractivity contribution < 1.29 is 0 Å². The fourth-order valence-corrected chi connectivity index (χ4v) is 2.64. The normalized spacial score (nSPS) is 17.1. The van der Waals surface area contributed by atoms with E-state index in [2.05, 4.69) is 38.1 Å². The molecule has 3 nitrogen and oxygen atoms in total. The van der Waals surface area contributed by atoms with E-state index in [0.29, 0.717) is 5.92 Å². The molecule has 1 aliphatic carbocycles. The topological polar surface area (TPSA) is 37.8 Å². The van der Waals surface area contributed by atoms with Crippen LogP contribution in [0, 0.1) is 0 Å². The summed E-state index contributed by atoms with van der Waals surface area (Å²) in [5, 5.41) is 3.34. The standard InChI is InChI=1S/C13H20BrN3/c1-2-8-15-13-11(14)9-16-12(17-13)10-6-4-3-5-7-10/h9-10H,2-8H2,1H3,(H,15,16,17). The Hall–Kier alpha value is -0.640. The molecule has 17 heavy (non-hydrogen) atoms. The fraction of sp³-hybridized carbons (Fsp3) is 0.692. The van der Waals surface area contributed by atoms with Crippen molar-refractivity contribution in [1.82, 2.24) is 9.97 Å². The molecule has 2 rings (SSSR count). The van der Waals surface area contributed by atoms with E-state index in [-0.39, 0.29) is 0 Å². The van der Waals surface area contributed by atoms with Crippen molar-refractivity contribution in [2.75, 3.05) is 11.9 Å². The molecule has 1 N–H and O–H groups in total. The van der Waals surface area contributed by atoms with Crippen molar-refractivity contribution >= 4 is 21.7 Å². The maximum absolute atomic E-state index is 4.66. The Morgan fingerprint density at radius 3 is 2.82 bits per heavy atom. The lowest BCUT2D eigenvalue weighted by atomic mass is 9.89. The summed E-state index contributed by atoms with van der Waals surface area (Å²) < 4.78 is 0.963. The molecule has 0 radical (unpaired) electrons. The van der Waals surface area contributed by atoms with Crippen LogP contribution in [0.15, 0.2) is 10.7 Å². The molecule has 1 saturated carbocycles. The van der Waals surface area contributed by atoms with Gasteiger partial charge in [0.25, 0.3) is 0 Å². The lowest BCUT2D eigenvalue weighted by Crippen LogP contribution is -2.11. The number of rotatable bonds is 4. The molecule has 1 aromatic heterocycles. The summed E-state index contributed by atoms with van der Waals surface area (Å²) in [4.78, 5) is 9.14. The summed E-state index contributed by atoms with van der Waals surface area (Å²) in [5.41, 5.74) is 0. The van der Waals surface area contributed by atoms with Crippen LogP contribution in [0.1, 0.15) is 57.2 Å². The third-order valence-electron chi connectivity index (χ3n) is 3.28. The molecular formula is C13H20BrN3. The van der Waals surface area contributed by atoms with Crippen LogP contribution < -0.4 is 5.32 Å². The maximum Gasteiger partial charge on any atom is 0.144 e. The molecule has 0 amide bonds. The molecule has 1 aromatic rings. The molecule has 0 saturated heterocycles. The Labute approximate surface area is 112 Å². The highest BCUT2D eigenvalue weighted by molar-refractivity contribution is 9.10. The highest BCUT2D eigenvalue weighted by Crippen LogP contribution is 2.32. The van der Waals surface area contributed by atoms with Crippen molar-refractivity contribution in [1.29, 1.82) is 0 Å². The van der Waals surface area contributed by atoms with Crippen LogP contribution in [-0.2, 0) is 0 Å². The molecule has 4 heteroatoms. The zero-order valence-corrected chi connectivity index (χ0v) is 12.0. The van der Waals surface area contributed by atoms with Crippen molar-refractivity contribution in [2.24, 2.45) is 0 Å². The van der Waals surface area contributed by atoms with Crippen LogP contribution in [0.25, 0.3) is 0 Å². The van der Waals surface area contributed by atoms with Gasteiger partial charge in [0.2, 0.25) is 0 Å². The third kappa shape index (κ3) is 3.41. The Balaban J connectivity index is 2.11. The van der Waals surface area contributed by atoms with Gasteiger partial charge >= 0.3 is 0 Å². The quantitative estimate of drug-likeness (QED) is 0.909. The smallest absolute Gasteiger partial charge is 0.144 e. The summed E-state index contributed by atoms with van der Waals surface area (Å²) in [6.07, 6.45) is 9.49. The average Bonchev–Trinajstić information content (AvgIpc) is 2.39. The second kappa shape index (κ2) is 6.34. The van der Waals surface area contributed by atoms with Crippen LogP contribution in [0.5, 0.6) is 0 Å². The first-order valence-corrected chi connectivity index (χ1v) is 7.37. The lowest BCUT2D eigenvalue weighted by Gasteiger charge is -2.20. The van der Waals surface area contributed by atoms with Crippen LogP contribution in [0.2, 0.25) is 0 Å². The number of anilines is 1. The zero-order valence-electron chi connectivity index (χ0n) is 10.4. The van der Waals surface area contributed by atoms with E-state index >= 15 is 0 Å². The molecule has 1 aliphatic rings. The number of nitrogens with one attached hydrogen (secondary N) is 1. The highest BCUT2D eigenvalue weighted by atomic mass is 79.9. The van der Waals surface area contributed by atoms with Gasteiger partial charge in [0.1, 0.15) is 11.6 Å². The minimum Gasteiger partial charge on any atom is -0.369 e. The number of halogens is 1. The van der Waals surface area contributed by atoms with E-state index in [9.17, 15) is 0 Å². The number of nitrogens with zero attached hydrogens (tertiary/aromatic N) is 2. The number of aromatic nitrogens is 2. The van der Waals surface area contributed by atoms with Gasteiger partial charge in [0.05, 0.1) is 4.47 Å². The second-order valence-corrected chi connectivity index (χ2v) is 5.54. The Morgan fingerprint density at radius 1 is 1.35 bits per heavy atom. The minimum atomic E-state index is 0.569. The fourth-order valence-electron chi connectivity index (χ4n) is 2.31. The SMILES string of the molecule is CCCNc1nc(C2CCCCC2)ncc1Br.